The zero-order valence-electron chi connectivity index (χ0n) is 12.8. The van der Waals surface area contributed by atoms with Gasteiger partial charge in [0.1, 0.15) is 5.82 Å². The number of aliphatic carboxylic acids is 1. The molecule has 0 unspecified atom stereocenters. The highest BCUT2D eigenvalue weighted by molar-refractivity contribution is 5.75. The van der Waals surface area contributed by atoms with E-state index >= 15 is 0 Å². The van der Waals surface area contributed by atoms with Crippen molar-refractivity contribution >= 4 is 12.0 Å². The first-order valence-corrected chi connectivity index (χ1v) is 7.76. The maximum atomic E-state index is 13.1. The molecule has 2 aromatic rings. The molecule has 5 heteroatoms. The molecule has 1 heterocycles. The van der Waals surface area contributed by atoms with Gasteiger partial charge in [-0.25, -0.2) is 9.07 Å². The number of hydrogen-bond acceptors (Lipinski definition) is 2. The molecule has 0 amide bonds. The van der Waals surface area contributed by atoms with Crippen LogP contribution in [0.3, 0.4) is 0 Å². The molecular formula is C18H17FN2O2. The topological polar surface area (TPSA) is 55.1 Å². The second-order valence-electron chi connectivity index (χ2n) is 6.64. The lowest BCUT2D eigenvalue weighted by atomic mass is 9.70. The highest BCUT2D eigenvalue weighted by Crippen LogP contribution is 2.53. The molecule has 118 valence electrons. The van der Waals surface area contributed by atoms with Crippen molar-refractivity contribution in [3.05, 3.63) is 53.1 Å². The summed E-state index contributed by atoms with van der Waals surface area (Å²) in [6.45, 7) is 2.04. The molecule has 0 aliphatic heterocycles. The molecule has 1 N–H and O–H groups in total. The summed E-state index contributed by atoms with van der Waals surface area (Å²) >= 11 is 0. The van der Waals surface area contributed by atoms with Crippen molar-refractivity contribution in [3.63, 3.8) is 0 Å². The number of fused-ring (bicyclic) bond motifs is 2. The zero-order chi connectivity index (χ0) is 16.2. The van der Waals surface area contributed by atoms with Crippen LogP contribution in [0.4, 0.5) is 4.39 Å². The number of halogens is 1. The Morgan fingerprint density at radius 2 is 2.13 bits per heavy atom. The molecule has 4 nitrogen and oxygen atoms in total. The Balaban J connectivity index is 1.79. The second kappa shape index (κ2) is 4.78. The largest absolute Gasteiger partial charge is 0.481 e. The van der Waals surface area contributed by atoms with Crippen LogP contribution in [0.5, 0.6) is 0 Å². The molecule has 0 radical (unpaired) electrons. The number of nitrogens with zero attached hydrogens (tertiary/aromatic N) is 2. The Labute approximate surface area is 133 Å². The molecule has 2 aliphatic rings. The van der Waals surface area contributed by atoms with Crippen molar-refractivity contribution in [1.29, 1.82) is 0 Å². The van der Waals surface area contributed by atoms with Gasteiger partial charge in [0.05, 0.1) is 23.5 Å². The lowest BCUT2D eigenvalue weighted by molar-refractivity contribution is -0.144. The predicted octanol–water partition coefficient (Wildman–Crippen LogP) is 3.45. The number of carboxylic acid groups (broad SMARTS) is 1. The number of allylic oxidation sites excluding steroid dienone is 1. The van der Waals surface area contributed by atoms with Crippen LogP contribution in [0.15, 0.2) is 36.0 Å². The number of benzene rings is 1. The van der Waals surface area contributed by atoms with Crippen LogP contribution in [0.2, 0.25) is 0 Å². The quantitative estimate of drug-likeness (QED) is 0.924. The second-order valence-corrected chi connectivity index (χ2v) is 6.64. The van der Waals surface area contributed by atoms with Crippen molar-refractivity contribution in [2.75, 3.05) is 0 Å². The molecule has 0 spiro atoms. The lowest BCUT2D eigenvalue weighted by Crippen LogP contribution is -2.33. The van der Waals surface area contributed by atoms with Crippen molar-refractivity contribution in [2.24, 2.45) is 11.3 Å². The summed E-state index contributed by atoms with van der Waals surface area (Å²) in [7, 11) is 0. The predicted molar refractivity (Wildman–Crippen MR) is 83.7 cm³/mol. The van der Waals surface area contributed by atoms with Crippen LogP contribution in [0, 0.1) is 17.2 Å². The van der Waals surface area contributed by atoms with Gasteiger partial charge in [-0.3, -0.25) is 4.79 Å². The first kappa shape index (κ1) is 14.2. The smallest absolute Gasteiger partial charge is 0.307 e. The molecule has 2 aliphatic carbocycles. The third kappa shape index (κ3) is 2.03. The summed E-state index contributed by atoms with van der Waals surface area (Å²) in [5.74, 6) is -1.33. The minimum absolute atomic E-state index is 0.277. The molecule has 2 atom stereocenters. The Morgan fingerprint density at radius 3 is 2.83 bits per heavy atom. The molecule has 1 aromatic carbocycles. The average molecular weight is 312 g/mol. The van der Waals surface area contributed by atoms with Gasteiger partial charge < -0.3 is 5.11 Å². The van der Waals surface area contributed by atoms with Crippen LogP contribution >= 0.6 is 0 Å². The van der Waals surface area contributed by atoms with Crippen molar-refractivity contribution < 1.29 is 14.3 Å². The van der Waals surface area contributed by atoms with Gasteiger partial charge in [-0.2, -0.15) is 5.10 Å². The van der Waals surface area contributed by atoms with Gasteiger partial charge in [0.25, 0.3) is 0 Å². The van der Waals surface area contributed by atoms with Gasteiger partial charge in [0.2, 0.25) is 0 Å². The molecule has 1 aromatic heterocycles. The molecular weight excluding hydrogens is 295 g/mol. The third-order valence-corrected chi connectivity index (χ3v) is 5.33. The van der Waals surface area contributed by atoms with Gasteiger partial charge in [0.15, 0.2) is 0 Å². The van der Waals surface area contributed by atoms with Gasteiger partial charge in [0, 0.05) is 5.41 Å². The van der Waals surface area contributed by atoms with E-state index in [9.17, 15) is 14.3 Å². The molecule has 1 saturated carbocycles. The van der Waals surface area contributed by atoms with E-state index in [1.165, 1.54) is 17.7 Å². The third-order valence-electron chi connectivity index (χ3n) is 5.33. The number of aromatic nitrogens is 2. The Morgan fingerprint density at radius 1 is 1.39 bits per heavy atom. The van der Waals surface area contributed by atoms with Crippen molar-refractivity contribution in [3.8, 4) is 5.69 Å². The van der Waals surface area contributed by atoms with E-state index in [4.69, 9.17) is 0 Å². The highest BCUT2D eigenvalue weighted by Gasteiger charge is 2.48. The zero-order valence-corrected chi connectivity index (χ0v) is 12.8. The highest BCUT2D eigenvalue weighted by atomic mass is 19.1. The number of carboxylic acids is 1. The van der Waals surface area contributed by atoms with Crippen LogP contribution < -0.4 is 0 Å². The van der Waals surface area contributed by atoms with E-state index in [0.29, 0.717) is 12.8 Å². The fourth-order valence-electron chi connectivity index (χ4n) is 4.03. The summed E-state index contributed by atoms with van der Waals surface area (Å²) in [4.78, 5) is 11.5. The van der Waals surface area contributed by atoms with E-state index in [1.54, 1.807) is 23.0 Å². The van der Waals surface area contributed by atoms with E-state index in [0.717, 1.165) is 23.4 Å². The van der Waals surface area contributed by atoms with Gasteiger partial charge >= 0.3 is 5.97 Å². The van der Waals surface area contributed by atoms with E-state index < -0.39 is 5.97 Å². The molecule has 4 rings (SSSR count). The fourth-order valence-corrected chi connectivity index (χ4v) is 4.03. The van der Waals surface area contributed by atoms with Gasteiger partial charge in [-0.15, -0.1) is 0 Å². The standard InChI is InChI=1S/C18H17FN2O2/c1-18-9-11-10-20-21(14-5-3-13(19)4-6-14)16(11)8-12(18)2-7-15(18)17(22)23/h3-6,8,10,15H,2,7,9H2,1H3,(H,22,23)/t15-,18+/m1/s1. The number of carbonyl (C=O) groups is 1. The minimum Gasteiger partial charge on any atom is -0.481 e. The Hall–Kier alpha value is -2.43. The van der Waals surface area contributed by atoms with Crippen LogP contribution in [0.1, 0.15) is 31.0 Å². The number of hydrogen-bond donors (Lipinski definition) is 1. The summed E-state index contributed by atoms with van der Waals surface area (Å²) < 4.78 is 14.9. The first-order chi connectivity index (χ1) is 11.0. The summed E-state index contributed by atoms with van der Waals surface area (Å²) in [5, 5.41) is 13.9. The van der Waals surface area contributed by atoms with E-state index in [2.05, 4.69) is 11.2 Å². The van der Waals surface area contributed by atoms with E-state index in [-0.39, 0.29) is 17.2 Å². The monoisotopic (exact) mass is 312 g/mol. The van der Waals surface area contributed by atoms with Crippen molar-refractivity contribution in [1.82, 2.24) is 9.78 Å². The fraction of sp³-hybridized carbons (Fsp3) is 0.333. The molecule has 23 heavy (non-hydrogen) atoms. The van der Waals surface area contributed by atoms with Crippen LogP contribution in [0.25, 0.3) is 11.8 Å². The van der Waals surface area contributed by atoms with Gasteiger partial charge in [-0.1, -0.05) is 12.5 Å². The maximum absolute atomic E-state index is 13.1. The maximum Gasteiger partial charge on any atom is 0.307 e. The summed E-state index contributed by atoms with van der Waals surface area (Å²) in [5.41, 5.74) is 3.70. The minimum atomic E-state index is -0.717. The Kier molecular flexibility index (Phi) is 2.95. The molecule has 0 saturated heterocycles. The summed E-state index contributed by atoms with van der Waals surface area (Å²) in [6, 6.07) is 6.23. The van der Waals surface area contributed by atoms with Gasteiger partial charge in [-0.05, 0) is 55.2 Å². The first-order valence-electron chi connectivity index (χ1n) is 7.76. The average Bonchev–Trinajstić information content (AvgIpc) is 3.05. The SMILES string of the molecule is C[C@]12Cc3cnn(-c4ccc(F)cc4)c3C=C1CC[C@@H]2C(=O)O. The Bertz CT molecular complexity index is 822. The van der Waals surface area contributed by atoms with Crippen LogP contribution in [-0.2, 0) is 11.2 Å². The molecule has 1 fully saturated rings. The number of rotatable bonds is 2. The van der Waals surface area contributed by atoms with Crippen LogP contribution in [-0.4, -0.2) is 20.9 Å². The van der Waals surface area contributed by atoms with Crippen molar-refractivity contribution in [2.45, 2.75) is 26.2 Å². The van der Waals surface area contributed by atoms with E-state index in [1.807, 2.05) is 6.92 Å². The summed E-state index contributed by atoms with van der Waals surface area (Å²) in [6.07, 6.45) is 6.06. The normalized spacial score (nSPS) is 25.7. The molecule has 0 bridgehead atoms. The lowest BCUT2D eigenvalue weighted by Gasteiger charge is -2.33.